The number of para-hydroxylation sites is 1. The molecule has 5 rings (SSSR count). The maximum absolute atomic E-state index is 9.48. The van der Waals surface area contributed by atoms with Gasteiger partial charge in [0.15, 0.2) is 0 Å². The van der Waals surface area contributed by atoms with Crippen molar-refractivity contribution in [3.63, 3.8) is 0 Å². The first-order chi connectivity index (χ1) is 15.0. The highest BCUT2D eigenvalue weighted by atomic mass is 16.4. The third-order valence-electron chi connectivity index (χ3n) is 6.29. The third kappa shape index (κ3) is 3.25. The Kier molecular flexibility index (Phi) is 4.69. The van der Waals surface area contributed by atoms with Crippen molar-refractivity contribution in [2.75, 3.05) is 4.90 Å². The minimum absolute atomic E-state index is 0.0268. The van der Waals surface area contributed by atoms with Crippen LogP contribution in [0.2, 0.25) is 0 Å². The average Bonchev–Trinajstić information content (AvgIpc) is 3.02. The second-order valence-corrected chi connectivity index (χ2v) is 8.54. The summed E-state index contributed by atoms with van der Waals surface area (Å²) in [6, 6.07) is 32.9. The van der Waals surface area contributed by atoms with Gasteiger partial charge < -0.3 is 14.9 Å². The van der Waals surface area contributed by atoms with Crippen LogP contribution in [0.15, 0.2) is 97.1 Å². The first-order valence-electron chi connectivity index (χ1n) is 10.5. The summed E-state index contributed by atoms with van der Waals surface area (Å²) in [4.78, 5) is 2.20. The number of rotatable bonds is 4. The molecule has 0 saturated carbocycles. The molecular formula is C27H24BNO2. The summed E-state index contributed by atoms with van der Waals surface area (Å²) < 4.78 is 0. The molecule has 0 fully saturated rings. The van der Waals surface area contributed by atoms with E-state index >= 15 is 0 Å². The first kappa shape index (κ1) is 19.6. The Balaban J connectivity index is 1.67. The van der Waals surface area contributed by atoms with Crippen LogP contribution in [0.5, 0.6) is 0 Å². The van der Waals surface area contributed by atoms with E-state index in [1.165, 1.54) is 22.3 Å². The smallest absolute Gasteiger partial charge is 0.423 e. The lowest BCUT2D eigenvalue weighted by Crippen LogP contribution is -2.29. The monoisotopic (exact) mass is 405 g/mol. The Morgan fingerprint density at radius 1 is 0.613 bits per heavy atom. The minimum atomic E-state index is -1.47. The fourth-order valence-corrected chi connectivity index (χ4v) is 4.67. The van der Waals surface area contributed by atoms with Gasteiger partial charge in [-0.3, -0.25) is 0 Å². The van der Waals surface area contributed by atoms with Crippen molar-refractivity contribution in [2.24, 2.45) is 0 Å². The maximum atomic E-state index is 9.48. The van der Waals surface area contributed by atoms with Gasteiger partial charge in [0.25, 0.3) is 0 Å². The predicted molar refractivity (Wildman–Crippen MR) is 129 cm³/mol. The van der Waals surface area contributed by atoms with Gasteiger partial charge in [-0.15, -0.1) is 0 Å². The van der Waals surface area contributed by atoms with Gasteiger partial charge in [-0.05, 0) is 64.1 Å². The van der Waals surface area contributed by atoms with Crippen LogP contribution in [0.4, 0.5) is 17.1 Å². The molecule has 0 heterocycles. The summed E-state index contributed by atoms with van der Waals surface area (Å²) in [6.45, 7) is 4.57. The number of nitrogens with zero attached hydrogens (tertiary/aromatic N) is 1. The van der Waals surface area contributed by atoms with Gasteiger partial charge in [-0.1, -0.05) is 74.5 Å². The van der Waals surface area contributed by atoms with E-state index in [9.17, 15) is 10.0 Å². The highest BCUT2D eigenvalue weighted by Gasteiger charge is 2.35. The standard InChI is InChI=1S/C27H24BNO2/c1-27(2)25-11-7-6-10-23(25)24-18-22(16-17-26(24)27)29(20-8-4-3-5-9-20)21-14-12-19(13-15-21)28(30)31/h3-18,30-31H,1-2H3. The summed E-state index contributed by atoms with van der Waals surface area (Å²) in [5.74, 6) is 0. The number of fused-ring (bicyclic) bond motifs is 3. The Morgan fingerprint density at radius 2 is 1.19 bits per heavy atom. The second kappa shape index (κ2) is 7.42. The molecule has 0 spiro atoms. The lowest BCUT2D eigenvalue weighted by atomic mass is 9.80. The number of hydrogen-bond donors (Lipinski definition) is 2. The molecule has 4 aromatic rings. The molecule has 0 bridgehead atoms. The van der Waals surface area contributed by atoms with E-state index in [1.807, 2.05) is 30.3 Å². The van der Waals surface area contributed by atoms with Crippen LogP contribution in [0.1, 0.15) is 25.0 Å². The van der Waals surface area contributed by atoms with Crippen LogP contribution in [0.3, 0.4) is 0 Å². The molecule has 4 aromatic carbocycles. The van der Waals surface area contributed by atoms with E-state index in [4.69, 9.17) is 0 Å². The molecule has 0 unspecified atom stereocenters. The van der Waals surface area contributed by atoms with Gasteiger partial charge in [0, 0.05) is 22.5 Å². The molecule has 0 amide bonds. The van der Waals surface area contributed by atoms with Crippen LogP contribution in [-0.4, -0.2) is 17.2 Å². The molecule has 1 aliphatic carbocycles. The molecule has 4 heteroatoms. The maximum Gasteiger partial charge on any atom is 0.488 e. The Labute approximate surface area is 183 Å². The quantitative estimate of drug-likeness (QED) is 0.462. The molecule has 1 aliphatic rings. The normalized spacial score (nSPS) is 13.4. The number of hydrogen-bond acceptors (Lipinski definition) is 3. The Hall–Kier alpha value is -3.34. The van der Waals surface area contributed by atoms with E-state index < -0.39 is 7.12 Å². The lowest BCUT2D eigenvalue weighted by molar-refractivity contribution is 0.426. The molecule has 0 atom stereocenters. The summed E-state index contributed by atoms with van der Waals surface area (Å²) in [5, 5.41) is 19.0. The van der Waals surface area contributed by atoms with Crippen molar-refractivity contribution in [2.45, 2.75) is 19.3 Å². The second-order valence-electron chi connectivity index (χ2n) is 8.54. The molecular weight excluding hydrogens is 381 g/mol. The van der Waals surface area contributed by atoms with E-state index in [0.717, 1.165) is 17.1 Å². The van der Waals surface area contributed by atoms with Gasteiger partial charge in [-0.25, -0.2) is 0 Å². The van der Waals surface area contributed by atoms with Crippen molar-refractivity contribution < 1.29 is 10.0 Å². The van der Waals surface area contributed by atoms with E-state index in [1.54, 1.807) is 12.1 Å². The highest BCUT2D eigenvalue weighted by Crippen LogP contribution is 2.50. The van der Waals surface area contributed by atoms with Crippen molar-refractivity contribution in [3.8, 4) is 11.1 Å². The summed E-state index contributed by atoms with van der Waals surface area (Å²) in [6.07, 6.45) is 0. The number of anilines is 3. The van der Waals surface area contributed by atoms with Gasteiger partial charge in [0.05, 0.1) is 0 Å². The highest BCUT2D eigenvalue weighted by molar-refractivity contribution is 6.58. The number of benzene rings is 4. The third-order valence-corrected chi connectivity index (χ3v) is 6.29. The van der Waals surface area contributed by atoms with Crippen LogP contribution in [0, 0.1) is 0 Å². The Bertz CT molecular complexity index is 1230. The van der Waals surface area contributed by atoms with E-state index in [-0.39, 0.29) is 5.41 Å². The molecule has 31 heavy (non-hydrogen) atoms. The molecule has 3 nitrogen and oxygen atoms in total. The van der Waals surface area contributed by atoms with Gasteiger partial charge in [0.1, 0.15) is 0 Å². The average molecular weight is 405 g/mol. The fourth-order valence-electron chi connectivity index (χ4n) is 4.67. The van der Waals surface area contributed by atoms with Gasteiger partial charge >= 0.3 is 7.12 Å². The van der Waals surface area contributed by atoms with Crippen LogP contribution in [-0.2, 0) is 5.41 Å². The summed E-state index contributed by atoms with van der Waals surface area (Å²) in [5.41, 5.74) is 8.76. The zero-order valence-corrected chi connectivity index (χ0v) is 17.7. The lowest BCUT2D eigenvalue weighted by Gasteiger charge is -2.27. The summed E-state index contributed by atoms with van der Waals surface area (Å²) in [7, 11) is -1.47. The molecule has 0 aliphatic heterocycles. The van der Waals surface area contributed by atoms with Crippen molar-refractivity contribution in [3.05, 3.63) is 108 Å². The summed E-state index contributed by atoms with van der Waals surface area (Å²) >= 11 is 0. The zero-order chi connectivity index (χ0) is 21.6. The minimum Gasteiger partial charge on any atom is -0.423 e. The fraction of sp³-hybridized carbons (Fsp3) is 0.111. The predicted octanol–water partition coefficient (Wildman–Crippen LogP) is 5.14. The largest absolute Gasteiger partial charge is 0.488 e. The van der Waals surface area contributed by atoms with E-state index in [2.05, 4.69) is 73.3 Å². The topological polar surface area (TPSA) is 43.7 Å². The van der Waals surface area contributed by atoms with E-state index in [0.29, 0.717) is 5.46 Å². The van der Waals surface area contributed by atoms with Crippen LogP contribution in [0.25, 0.3) is 11.1 Å². The SMILES string of the molecule is CC1(C)c2ccccc2-c2cc(N(c3ccccc3)c3ccc(B(O)O)cc3)ccc21. The van der Waals surface area contributed by atoms with Crippen molar-refractivity contribution >= 4 is 29.6 Å². The molecule has 0 aromatic heterocycles. The molecule has 0 radical (unpaired) electrons. The first-order valence-corrected chi connectivity index (χ1v) is 10.5. The van der Waals surface area contributed by atoms with Crippen molar-refractivity contribution in [1.29, 1.82) is 0 Å². The van der Waals surface area contributed by atoms with Crippen molar-refractivity contribution in [1.82, 2.24) is 0 Å². The molecule has 152 valence electrons. The molecule has 0 saturated heterocycles. The molecule has 2 N–H and O–H groups in total. The van der Waals surface area contributed by atoms with Crippen LogP contribution >= 0.6 is 0 Å². The van der Waals surface area contributed by atoms with Gasteiger partial charge in [-0.2, -0.15) is 0 Å². The Morgan fingerprint density at radius 3 is 1.90 bits per heavy atom. The van der Waals surface area contributed by atoms with Crippen LogP contribution < -0.4 is 10.4 Å². The zero-order valence-electron chi connectivity index (χ0n) is 17.7. The van der Waals surface area contributed by atoms with Gasteiger partial charge in [0.2, 0.25) is 0 Å².